The third-order valence-corrected chi connectivity index (χ3v) is 1.86. The Morgan fingerprint density at radius 2 is 2.38 bits per heavy atom. The first-order valence-electron chi connectivity index (χ1n) is 3.69. The Labute approximate surface area is 73.4 Å². The van der Waals surface area contributed by atoms with Crippen LogP contribution in [0.5, 0.6) is 0 Å². The molecule has 0 saturated carbocycles. The van der Waals surface area contributed by atoms with E-state index in [0.29, 0.717) is 11.3 Å². The maximum atomic E-state index is 10.9. The molecular weight excluding hydrogens is 172 g/mol. The molecule has 0 spiro atoms. The molecule has 1 aromatic heterocycles. The number of carbonyl (C=O) groups excluding carboxylic acids is 1. The summed E-state index contributed by atoms with van der Waals surface area (Å²) in [6.45, 7) is 0. The highest BCUT2D eigenvalue weighted by Gasteiger charge is 2.23. The van der Waals surface area contributed by atoms with Crippen molar-refractivity contribution >= 4 is 17.6 Å². The van der Waals surface area contributed by atoms with Crippen molar-refractivity contribution in [3.63, 3.8) is 0 Å². The maximum Gasteiger partial charge on any atom is 0.356 e. The monoisotopic (exact) mass is 178 g/mol. The second kappa shape index (κ2) is 2.55. The number of nitrogens with zero attached hydrogens (tertiary/aromatic N) is 1. The molecular formula is C8H6N2O3. The number of fused-ring (bicyclic) bond motifs is 1. The minimum atomic E-state index is -1.13. The molecule has 0 aliphatic carbocycles. The van der Waals surface area contributed by atoms with Crippen molar-refractivity contribution in [2.24, 2.45) is 0 Å². The fourth-order valence-electron chi connectivity index (χ4n) is 1.31. The van der Waals surface area contributed by atoms with Gasteiger partial charge in [0.25, 0.3) is 0 Å². The summed E-state index contributed by atoms with van der Waals surface area (Å²) in [6.07, 6.45) is 1.63. The minimum Gasteiger partial charge on any atom is -0.476 e. The van der Waals surface area contributed by atoms with E-state index in [1.54, 1.807) is 6.07 Å². The average molecular weight is 178 g/mol. The highest BCUT2D eigenvalue weighted by molar-refractivity contribution is 6.05. The number of aromatic carboxylic acids is 1. The van der Waals surface area contributed by atoms with Gasteiger partial charge in [-0.25, -0.2) is 9.78 Å². The summed E-state index contributed by atoms with van der Waals surface area (Å²) >= 11 is 0. The van der Waals surface area contributed by atoms with E-state index in [2.05, 4.69) is 10.3 Å². The number of rotatable bonds is 1. The van der Waals surface area contributed by atoms with E-state index in [1.165, 1.54) is 6.20 Å². The number of nitrogens with one attached hydrogen (secondary N) is 1. The van der Waals surface area contributed by atoms with Gasteiger partial charge in [0.1, 0.15) is 0 Å². The number of hydrogen-bond donors (Lipinski definition) is 2. The van der Waals surface area contributed by atoms with Crippen molar-refractivity contribution in [3.05, 3.63) is 23.5 Å². The van der Waals surface area contributed by atoms with Crippen LogP contribution in [0.25, 0.3) is 0 Å². The highest BCUT2D eigenvalue weighted by atomic mass is 16.4. The number of pyridine rings is 1. The topological polar surface area (TPSA) is 79.3 Å². The van der Waals surface area contributed by atoms with Crippen molar-refractivity contribution in [1.29, 1.82) is 0 Å². The van der Waals surface area contributed by atoms with E-state index >= 15 is 0 Å². The number of anilines is 1. The van der Waals surface area contributed by atoms with Gasteiger partial charge in [-0.1, -0.05) is 0 Å². The van der Waals surface area contributed by atoms with Gasteiger partial charge in [0.05, 0.1) is 12.1 Å². The van der Waals surface area contributed by atoms with Gasteiger partial charge in [-0.2, -0.15) is 0 Å². The van der Waals surface area contributed by atoms with Gasteiger partial charge in [-0.05, 0) is 11.6 Å². The maximum absolute atomic E-state index is 10.9. The zero-order chi connectivity index (χ0) is 9.42. The Morgan fingerprint density at radius 1 is 1.62 bits per heavy atom. The van der Waals surface area contributed by atoms with Crippen LogP contribution < -0.4 is 5.32 Å². The molecule has 0 radical (unpaired) electrons. The van der Waals surface area contributed by atoms with E-state index in [4.69, 9.17) is 5.11 Å². The lowest BCUT2D eigenvalue weighted by atomic mass is 10.2. The van der Waals surface area contributed by atoms with Crippen LogP contribution in [0.1, 0.15) is 16.1 Å². The number of carbonyl (C=O) groups is 2. The molecule has 2 rings (SSSR count). The molecule has 0 bridgehead atoms. The van der Waals surface area contributed by atoms with Crippen LogP contribution in [0.4, 0.5) is 5.69 Å². The minimum absolute atomic E-state index is 0.0941. The van der Waals surface area contributed by atoms with E-state index in [9.17, 15) is 9.59 Å². The van der Waals surface area contributed by atoms with Gasteiger partial charge in [0.2, 0.25) is 5.91 Å². The summed E-state index contributed by atoms with van der Waals surface area (Å²) in [5.74, 6) is -1.32. The third kappa shape index (κ3) is 1.14. The summed E-state index contributed by atoms with van der Waals surface area (Å²) in [5, 5.41) is 11.2. The van der Waals surface area contributed by atoms with Crippen molar-refractivity contribution in [3.8, 4) is 0 Å². The number of carboxylic acid groups (broad SMARTS) is 1. The summed E-state index contributed by atoms with van der Waals surface area (Å²) in [4.78, 5) is 25.3. The van der Waals surface area contributed by atoms with Gasteiger partial charge in [0, 0.05) is 6.20 Å². The Bertz CT molecular complexity index is 400. The van der Waals surface area contributed by atoms with Crippen LogP contribution in [0, 0.1) is 0 Å². The van der Waals surface area contributed by atoms with Crippen molar-refractivity contribution in [2.75, 3.05) is 5.32 Å². The number of amides is 1. The first-order chi connectivity index (χ1) is 6.18. The molecule has 0 aromatic carbocycles. The fraction of sp³-hybridized carbons (Fsp3) is 0.125. The normalized spacial score (nSPS) is 13.7. The van der Waals surface area contributed by atoms with Gasteiger partial charge >= 0.3 is 5.97 Å². The predicted octanol–water partition coefficient (Wildman–Crippen LogP) is 0.274. The molecule has 1 aromatic rings. The molecule has 5 nitrogen and oxygen atoms in total. The molecule has 13 heavy (non-hydrogen) atoms. The highest BCUT2D eigenvalue weighted by Crippen LogP contribution is 2.24. The number of carboxylic acids is 1. The van der Waals surface area contributed by atoms with Crippen molar-refractivity contribution < 1.29 is 14.7 Å². The smallest absolute Gasteiger partial charge is 0.356 e. The molecule has 0 saturated heterocycles. The predicted molar refractivity (Wildman–Crippen MR) is 43.5 cm³/mol. The van der Waals surface area contributed by atoms with Gasteiger partial charge < -0.3 is 10.4 Å². The lowest BCUT2D eigenvalue weighted by Crippen LogP contribution is -2.08. The first-order valence-corrected chi connectivity index (χ1v) is 3.69. The van der Waals surface area contributed by atoms with Crippen LogP contribution in [-0.4, -0.2) is 22.0 Å². The molecule has 2 heterocycles. The van der Waals surface area contributed by atoms with Gasteiger partial charge in [-0.3, -0.25) is 4.79 Å². The van der Waals surface area contributed by atoms with Crippen LogP contribution >= 0.6 is 0 Å². The Kier molecular flexibility index (Phi) is 1.51. The molecule has 1 amide bonds. The summed E-state index contributed by atoms with van der Waals surface area (Å²) < 4.78 is 0. The molecule has 1 aliphatic heterocycles. The molecule has 0 atom stereocenters. The van der Waals surface area contributed by atoms with E-state index in [-0.39, 0.29) is 18.0 Å². The zero-order valence-electron chi connectivity index (χ0n) is 6.57. The average Bonchev–Trinajstić information content (AvgIpc) is 2.43. The summed E-state index contributed by atoms with van der Waals surface area (Å²) in [5.41, 5.74) is 0.931. The van der Waals surface area contributed by atoms with Crippen LogP contribution in [0.3, 0.4) is 0 Å². The SMILES string of the molecule is O=C1Cc2ccnc(C(=O)O)c2N1. The summed E-state index contributed by atoms with van der Waals surface area (Å²) in [7, 11) is 0. The quantitative estimate of drug-likeness (QED) is 0.647. The second-order valence-corrected chi connectivity index (χ2v) is 2.72. The number of aromatic nitrogens is 1. The summed E-state index contributed by atoms with van der Waals surface area (Å²) in [6, 6.07) is 1.64. The van der Waals surface area contributed by atoms with Crippen LogP contribution in [-0.2, 0) is 11.2 Å². The standard InChI is InChI=1S/C8H6N2O3/c11-5-3-4-1-2-9-7(8(12)13)6(4)10-5/h1-2H,3H2,(H,10,11)(H,12,13). The molecule has 2 N–H and O–H groups in total. The molecule has 0 fully saturated rings. The van der Waals surface area contributed by atoms with Gasteiger partial charge in [-0.15, -0.1) is 0 Å². The second-order valence-electron chi connectivity index (χ2n) is 2.72. The van der Waals surface area contributed by atoms with E-state index in [1.807, 2.05) is 0 Å². The third-order valence-electron chi connectivity index (χ3n) is 1.86. The molecule has 1 aliphatic rings. The lowest BCUT2D eigenvalue weighted by Gasteiger charge is -2.00. The molecule has 66 valence electrons. The molecule has 0 unspecified atom stereocenters. The Hall–Kier alpha value is -1.91. The Morgan fingerprint density at radius 3 is 3.08 bits per heavy atom. The first kappa shape index (κ1) is 7.72. The van der Waals surface area contributed by atoms with Gasteiger partial charge in [0.15, 0.2) is 5.69 Å². The fourth-order valence-corrected chi connectivity index (χ4v) is 1.31. The van der Waals surface area contributed by atoms with Crippen molar-refractivity contribution in [1.82, 2.24) is 4.98 Å². The Balaban J connectivity index is 2.57. The van der Waals surface area contributed by atoms with E-state index < -0.39 is 5.97 Å². The van der Waals surface area contributed by atoms with Crippen LogP contribution in [0.2, 0.25) is 0 Å². The van der Waals surface area contributed by atoms with Crippen LogP contribution in [0.15, 0.2) is 12.3 Å². The zero-order valence-corrected chi connectivity index (χ0v) is 6.57. The van der Waals surface area contributed by atoms with Crippen molar-refractivity contribution in [2.45, 2.75) is 6.42 Å². The lowest BCUT2D eigenvalue weighted by molar-refractivity contribution is -0.115. The largest absolute Gasteiger partial charge is 0.476 e. The number of hydrogen-bond acceptors (Lipinski definition) is 3. The molecule has 5 heteroatoms. The van der Waals surface area contributed by atoms with E-state index in [0.717, 1.165) is 0 Å².